The van der Waals surface area contributed by atoms with E-state index in [0.29, 0.717) is 0 Å². The van der Waals surface area contributed by atoms with Crippen LogP contribution in [0.15, 0.2) is 132 Å². The van der Waals surface area contributed by atoms with Gasteiger partial charge in [0.25, 0.3) is 0 Å². The first-order valence-electron chi connectivity index (χ1n) is 16.0. The van der Waals surface area contributed by atoms with Gasteiger partial charge >= 0.3 is 0 Å². The molecule has 0 saturated carbocycles. The molecule has 0 radical (unpaired) electrons. The molecule has 1 aromatic heterocycles. The molecule has 2 heteroatoms. The zero-order chi connectivity index (χ0) is 32.0. The lowest BCUT2D eigenvalue weighted by atomic mass is 9.80. The summed E-state index contributed by atoms with van der Waals surface area (Å²) in [4.78, 5) is 13.7. The van der Waals surface area contributed by atoms with Crippen molar-refractivity contribution in [2.24, 2.45) is 0 Å². The first-order valence-corrected chi connectivity index (χ1v) is 16.9. The molecule has 6 aromatic rings. The second-order valence-electron chi connectivity index (χ2n) is 13.7. The first-order chi connectivity index (χ1) is 22.1. The molecule has 1 heterocycles. The SMILES string of the molecule is C=CC1=C(/C=C\C)c2ccc(-c3ccc4c(=O)c5ccc(-c6ccc7c(c6)C(C)(C)c6ccccc6-7)cc5sc4c3)cc2C1(C)C. The van der Waals surface area contributed by atoms with Crippen LogP contribution in [0.5, 0.6) is 0 Å². The van der Waals surface area contributed by atoms with Gasteiger partial charge in [-0.3, -0.25) is 4.79 Å². The summed E-state index contributed by atoms with van der Waals surface area (Å²) in [6.07, 6.45) is 6.30. The third-order valence-corrected chi connectivity index (χ3v) is 11.5. The van der Waals surface area contributed by atoms with Crippen molar-refractivity contribution in [3.8, 4) is 33.4 Å². The summed E-state index contributed by atoms with van der Waals surface area (Å²) in [5, 5.41) is 1.56. The predicted octanol–water partition coefficient (Wildman–Crippen LogP) is 11.9. The van der Waals surface area contributed by atoms with E-state index >= 15 is 0 Å². The molecule has 0 amide bonds. The molecular formula is C44H36OS. The molecule has 46 heavy (non-hydrogen) atoms. The van der Waals surface area contributed by atoms with Crippen molar-refractivity contribution in [3.05, 3.63) is 160 Å². The predicted molar refractivity (Wildman–Crippen MR) is 199 cm³/mol. The first kappa shape index (κ1) is 28.7. The van der Waals surface area contributed by atoms with Crippen LogP contribution >= 0.6 is 11.3 Å². The molecule has 8 rings (SSSR count). The van der Waals surface area contributed by atoms with Crippen LogP contribution in [-0.2, 0) is 10.8 Å². The summed E-state index contributed by atoms with van der Waals surface area (Å²) in [6.45, 7) is 15.4. The lowest BCUT2D eigenvalue weighted by Gasteiger charge is -2.23. The highest BCUT2D eigenvalue weighted by molar-refractivity contribution is 7.24. The van der Waals surface area contributed by atoms with Crippen LogP contribution in [0.1, 0.15) is 56.9 Å². The van der Waals surface area contributed by atoms with E-state index in [1.165, 1.54) is 50.1 Å². The highest BCUT2D eigenvalue weighted by Gasteiger charge is 2.36. The van der Waals surface area contributed by atoms with E-state index in [2.05, 4.69) is 138 Å². The van der Waals surface area contributed by atoms with Crippen LogP contribution in [0.25, 0.3) is 59.1 Å². The second-order valence-corrected chi connectivity index (χ2v) is 14.8. The van der Waals surface area contributed by atoms with Gasteiger partial charge in [-0.05, 0) is 110 Å². The largest absolute Gasteiger partial charge is 0.289 e. The molecule has 0 aliphatic heterocycles. The lowest BCUT2D eigenvalue weighted by Crippen LogP contribution is -2.16. The molecule has 0 bridgehead atoms. The molecule has 0 N–H and O–H groups in total. The van der Waals surface area contributed by atoms with E-state index in [0.717, 1.165) is 36.9 Å². The number of hydrogen-bond acceptors (Lipinski definition) is 2. The quantitative estimate of drug-likeness (QED) is 0.181. The standard InChI is InChI=1S/C44H36OS/c1-7-11-30-32-18-14-26(22-38(32)43(3,4)36(30)8-2)28-16-20-34-40(24-28)46-41-25-29(17-21-35(41)42(34)45)27-15-19-33-31-12-9-10-13-37(31)44(5,6)39(33)23-27/h7-25H,2H2,1,3-6H3/b11-7-. The summed E-state index contributed by atoms with van der Waals surface area (Å²) in [5.41, 5.74) is 15.0. The van der Waals surface area contributed by atoms with Gasteiger partial charge in [-0.2, -0.15) is 0 Å². The summed E-state index contributed by atoms with van der Waals surface area (Å²) in [5.74, 6) is 0. The Morgan fingerprint density at radius 3 is 1.74 bits per heavy atom. The van der Waals surface area contributed by atoms with Crippen LogP contribution in [0.4, 0.5) is 0 Å². The Balaban J connectivity index is 1.22. The maximum Gasteiger partial charge on any atom is 0.195 e. The summed E-state index contributed by atoms with van der Waals surface area (Å²) in [7, 11) is 0. The minimum atomic E-state index is -0.133. The number of fused-ring (bicyclic) bond motifs is 6. The van der Waals surface area contributed by atoms with Crippen molar-refractivity contribution >= 4 is 37.1 Å². The average Bonchev–Trinajstić information content (AvgIpc) is 3.42. The Morgan fingerprint density at radius 2 is 1.13 bits per heavy atom. The number of hydrogen-bond donors (Lipinski definition) is 0. The molecule has 0 unspecified atom stereocenters. The molecular weight excluding hydrogens is 577 g/mol. The Bertz CT molecular complexity index is 2410. The van der Waals surface area contributed by atoms with Crippen molar-refractivity contribution in [2.75, 3.05) is 0 Å². The average molecular weight is 613 g/mol. The molecule has 5 aromatic carbocycles. The Labute approximate surface area is 274 Å². The fourth-order valence-electron chi connectivity index (χ4n) is 7.91. The Morgan fingerprint density at radius 1 is 0.609 bits per heavy atom. The van der Waals surface area contributed by atoms with E-state index in [4.69, 9.17) is 0 Å². The third-order valence-electron chi connectivity index (χ3n) is 10.4. The summed E-state index contributed by atoms with van der Waals surface area (Å²) >= 11 is 1.70. The van der Waals surface area contributed by atoms with Gasteiger partial charge in [-0.25, -0.2) is 0 Å². The normalized spacial score (nSPS) is 15.8. The Kier molecular flexibility index (Phi) is 6.30. The lowest BCUT2D eigenvalue weighted by molar-refractivity contribution is 0.655. The van der Waals surface area contributed by atoms with E-state index in [-0.39, 0.29) is 16.3 Å². The van der Waals surface area contributed by atoms with Gasteiger partial charge in [0.1, 0.15) is 0 Å². The topological polar surface area (TPSA) is 17.1 Å². The van der Waals surface area contributed by atoms with Crippen molar-refractivity contribution in [2.45, 2.75) is 45.4 Å². The van der Waals surface area contributed by atoms with Gasteiger partial charge < -0.3 is 0 Å². The highest BCUT2D eigenvalue weighted by atomic mass is 32.1. The summed E-state index contributed by atoms with van der Waals surface area (Å²) < 4.78 is 2.03. The van der Waals surface area contributed by atoms with E-state index in [1.807, 2.05) is 18.2 Å². The molecule has 1 nitrogen and oxygen atoms in total. The second kappa shape index (κ2) is 10.1. The summed E-state index contributed by atoms with van der Waals surface area (Å²) in [6, 6.07) is 35.0. The smallest absolute Gasteiger partial charge is 0.195 e. The van der Waals surface area contributed by atoms with Crippen LogP contribution < -0.4 is 5.43 Å². The van der Waals surface area contributed by atoms with Gasteiger partial charge in [0.05, 0.1) is 0 Å². The van der Waals surface area contributed by atoms with Crippen LogP contribution in [0, 0.1) is 0 Å². The van der Waals surface area contributed by atoms with Crippen molar-refractivity contribution in [1.82, 2.24) is 0 Å². The fourth-order valence-corrected chi connectivity index (χ4v) is 9.06. The fraction of sp³-hybridized carbons (Fsp3) is 0.159. The van der Waals surface area contributed by atoms with E-state index < -0.39 is 0 Å². The molecule has 2 aliphatic rings. The highest BCUT2D eigenvalue weighted by Crippen LogP contribution is 2.50. The zero-order valence-corrected chi connectivity index (χ0v) is 27.8. The number of benzene rings is 5. The van der Waals surface area contributed by atoms with Gasteiger partial charge in [-0.1, -0.05) is 113 Å². The van der Waals surface area contributed by atoms with E-state index in [1.54, 1.807) is 11.3 Å². The molecule has 0 spiro atoms. The van der Waals surface area contributed by atoms with Gasteiger partial charge in [0.2, 0.25) is 0 Å². The monoisotopic (exact) mass is 612 g/mol. The third kappa shape index (κ3) is 4.03. The van der Waals surface area contributed by atoms with Crippen LogP contribution in [0.3, 0.4) is 0 Å². The molecule has 224 valence electrons. The molecule has 0 fully saturated rings. The minimum Gasteiger partial charge on any atom is -0.289 e. The maximum absolute atomic E-state index is 13.7. The molecule has 0 saturated heterocycles. The maximum atomic E-state index is 13.7. The van der Waals surface area contributed by atoms with Crippen LogP contribution in [-0.4, -0.2) is 0 Å². The van der Waals surface area contributed by atoms with Crippen molar-refractivity contribution in [1.29, 1.82) is 0 Å². The van der Waals surface area contributed by atoms with Crippen molar-refractivity contribution in [3.63, 3.8) is 0 Å². The molecule has 0 atom stereocenters. The number of rotatable bonds is 4. The van der Waals surface area contributed by atoms with Gasteiger partial charge in [0.15, 0.2) is 5.43 Å². The zero-order valence-electron chi connectivity index (χ0n) is 27.0. The Hall–Kier alpha value is -4.79. The van der Waals surface area contributed by atoms with Gasteiger partial charge in [-0.15, -0.1) is 11.3 Å². The van der Waals surface area contributed by atoms with E-state index in [9.17, 15) is 4.79 Å². The van der Waals surface area contributed by atoms with Crippen molar-refractivity contribution < 1.29 is 0 Å². The van der Waals surface area contributed by atoms with Gasteiger partial charge in [0, 0.05) is 31.0 Å². The number of allylic oxidation sites excluding steroid dienone is 5. The minimum absolute atomic E-state index is 0.0550. The molecule has 2 aliphatic carbocycles. The van der Waals surface area contributed by atoms with Crippen LogP contribution in [0.2, 0.25) is 0 Å².